The zero-order chi connectivity index (χ0) is 13.0. The molecule has 0 bridgehead atoms. The minimum Gasteiger partial charge on any atom is -0.376 e. The van der Waals surface area contributed by atoms with E-state index in [0.29, 0.717) is 32.3 Å². The molecule has 18 heavy (non-hydrogen) atoms. The second-order valence-electron chi connectivity index (χ2n) is 5.52. The summed E-state index contributed by atoms with van der Waals surface area (Å²) in [6.07, 6.45) is 0.916. The van der Waals surface area contributed by atoms with Gasteiger partial charge in [0.05, 0.1) is 31.3 Å². The van der Waals surface area contributed by atoms with Crippen molar-refractivity contribution in [1.29, 1.82) is 0 Å². The summed E-state index contributed by atoms with van der Waals surface area (Å²) in [4.78, 5) is 12.4. The van der Waals surface area contributed by atoms with Gasteiger partial charge < -0.3 is 20.1 Å². The molecular formula is C13H24N2O3. The Hall–Kier alpha value is -0.650. The first kappa shape index (κ1) is 13.8. The predicted octanol–water partition coefficient (Wildman–Crippen LogP) is 0.154. The van der Waals surface area contributed by atoms with E-state index in [0.717, 1.165) is 19.5 Å². The molecule has 2 rings (SSSR count). The first-order chi connectivity index (χ1) is 8.65. The van der Waals surface area contributed by atoms with E-state index in [1.807, 2.05) is 0 Å². The summed E-state index contributed by atoms with van der Waals surface area (Å²) in [5.74, 6) is 0.493. The fourth-order valence-corrected chi connectivity index (χ4v) is 2.70. The number of amides is 1. The van der Waals surface area contributed by atoms with Gasteiger partial charge in [0.15, 0.2) is 0 Å². The van der Waals surface area contributed by atoms with Crippen LogP contribution in [0.15, 0.2) is 0 Å². The first-order valence-corrected chi connectivity index (χ1v) is 6.83. The van der Waals surface area contributed by atoms with Crippen LogP contribution in [0, 0.1) is 11.3 Å². The molecule has 0 spiro atoms. The Balaban J connectivity index is 1.85. The molecule has 0 saturated carbocycles. The van der Waals surface area contributed by atoms with Crippen molar-refractivity contribution in [3.63, 3.8) is 0 Å². The fraction of sp³-hybridized carbons (Fsp3) is 0.923. The third-order valence-electron chi connectivity index (χ3n) is 4.12. The lowest BCUT2D eigenvalue weighted by molar-refractivity contribution is -0.134. The van der Waals surface area contributed by atoms with E-state index in [9.17, 15) is 4.79 Å². The van der Waals surface area contributed by atoms with E-state index in [-0.39, 0.29) is 17.4 Å². The molecule has 2 heterocycles. The molecule has 5 heteroatoms. The quantitative estimate of drug-likeness (QED) is 0.752. The monoisotopic (exact) mass is 256 g/mol. The van der Waals surface area contributed by atoms with Crippen LogP contribution in [0.5, 0.6) is 0 Å². The summed E-state index contributed by atoms with van der Waals surface area (Å²) >= 11 is 0. The van der Waals surface area contributed by atoms with Crippen molar-refractivity contribution < 1.29 is 14.3 Å². The van der Waals surface area contributed by atoms with Crippen molar-refractivity contribution in [2.75, 3.05) is 39.5 Å². The lowest BCUT2D eigenvalue weighted by atomic mass is 9.75. The van der Waals surface area contributed by atoms with Crippen LogP contribution in [0.25, 0.3) is 0 Å². The maximum atomic E-state index is 12.4. The summed E-state index contributed by atoms with van der Waals surface area (Å²) in [6.45, 7) is 8.34. The van der Waals surface area contributed by atoms with E-state index in [1.165, 1.54) is 0 Å². The molecule has 2 N–H and O–H groups in total. The van der Waals surface area contributed by atoms with Crippen LogP contribution in [-0.2, 0) is 14.3 Å². The van der Waals surface area contributed by atoms with E-state index in [1.54, 1.807) is 0 Å². The summed E-state index contributed by atoms with van der Waals surface area (Å²) in [5.41, 5.74) is -0.254. The van der Waals surface area contributed by atoms with Gasteiger partial charge in [0, 0.05) is 13.1 Å². The van der Waals surface area contributed by atoms with Gasteiger partial charge >= 0.3 is 0 Å². The average molecular weight is 256 g/mol. The Bertz CT molecular complexity index is 282. The van der Waals surface area contributed by atoms with Gasteiger partial charge in [-0.15, -0.1) is 0 Å². The van der Waals surface area contributed by atoms with E-state index >= 15 is 0 Å². The Morgan fingerprint density at radius 3 is 2.89 bits per heavy atom. The van der Waals surface area contributed by atoms with Crippen molar-refractivity contribution >= 4 is 5.91 Å². The number of ether oxygens (including phenoxy) is 2. The largest absolute Gasteiger partial charge is 0.376 e. The van der Waals surface area contributed by atoms with E-state index in [4.69, 9.17) is 9.47 Å². The second-order valence-corrected chi connectivity index (χ2v) is 5.52. The highest BCUT2D eigenvalue weighted by molar-refractivity contribution is 5.83. The minimum absolute atomic E-state index is 0.00118. The number of carbonyl (C=O) groups is 1. The van der Waals surface area contributed by atoms with Crippen molar-refractivity contribution in [1.82, 2.24) is 10.6 Å². The Labute approximate surface area is 109 Å². The van der Waals surface area contributed by atoms with E-state index in [2.05, 4.69) is 24.5 Å². The predicted molar refractivity (Wildman–Crippen MR) is 68.3 cm³/mol. The highest BCUT2D eigenvalue weighted by atomic mass is 16.6. The number of nitrogens with one attached hydrogen (secondary N) is 2. The molecule has 5 nitrogen and oxygen atoms in total. The van der Waals surface area contributed by atoms with Gasteiger partial charge in [-0.2, -0.15) is 0 Å². The summed E-state index contributed by atoms with van der Waals surface area (Å²) in [5, 5.41) is 6.33. The normalized spacial score (nSPS) is 32.7. The fourth-order valence-electron chi connectivity index (χ4n) is 2.70. The highest BCUT2D eigenvalue weighted by Gasteiger charge is 2.43. The van der Waals surface area contributed by atoms with Crippen LogP contribution in [0.4, 0.5) is 0 Å². The van der Waals surface area contributed by atoms with Crippen molar-refractivity contribution in [2.45, 2.75) is 26.4 Å². The number of hydrogen-bond donors (Lipinski definition) is 2. The smallest absolute Gasteiger partial charge is 0.227 e. The third-order valence-corrected chi connectivity index (χ3v) is 4.12. The van der Waals surface area contributed by atoms with Crippen LogP contribution in [0.1, 0.15) is 20.3 Å². The minimum atomic E-state index is -0.254. The Kier molecular flexibility index (Phi) is 4.59. The molecule has 2 aliphatic heterocycles. The average Bonchev–Trinajstić information content (AvgIpc) is 2.88. The van der Waals surface area contributed by atoms with Crippen molar-refractivity contribution in [2.24, 2.45) is 11.3 Å². The maximum Gasteiger partial charge on any atom is 0.227 e. The zero-order valence-corrected chi connectivity index (χ0v) is 11.3. The van der Waals surface area contributed by atoms with Gasteiger partial charge in [-0.05, 0) is 18.9 Å². The van der Waals surface area contributed by atoms with Crippen molar-refractivity contribution in [3.05, 3.63) is 0 Å². The van der Waals surface area contributed by atoms with Crippen LogP contribution in [-0.4, -0.2) is 51.5 Å². The molecule has 0 aromatic heterocycles. The highest BCUT2D eigenvalue weighted by Crippen LogP contribution is 2.34. The molecule has 2 fully saturated rings. The summed E-state index contributed by atoms with van der Waals surface area (Å²) < 4.78 is 10.9. The summed E-state index contributed by atoms with van der Waals surface area (Å²) in [7, 11) is 0. The molecule has 104 valence electrons. The van der Waals surface area contributed by atoms with Crippen LogP contribution in [0.3, 0.4) is 0 Å². The molecule has 0 radical (unpaired) electrons. The zero-order valence-electron chi connectivity index (χ0n) is 11.3. The molecule has 2 unspecified atom stereocenters. The van der Waals surface area contributed by atoms with Gasteiger partial charge in [-0.25, -0.2) is 0 Å². The molecule has 2 aliphatic rings. The van der Waals surface area contributed by atoms with Gasteiger partial charge in [0.1, 0.15) is 0 Å². The molecule has 0 aliphatic carbocycles. The second kappa shape index (κ2) is 5.99. The van der Waals surface area contributed by atoms with Gasteiger partial charge in [-0.1, -0.05) is 13.8 Å². The van der Waals surface area contributed by atoms with Gasteiger partial charge in [0.2, 0.25) is 5.91 Å². The number of rotatable bonds is 4. The van der Waals surface area contributed by atoms with Crippen molar-refractivity contribution in [3.8, 4) is 0 Å². The molecular weight excluding hydrogens is 232 g/mol. The summed E-state index contributed by atoms with van der Waals surface area (Å²) in [6, 6.07) is 0. The van der Waals surface area contributed by atoms with Crippen LogP contribution >= 0.6 is 0 Å². The maximum absolute atomic E-state index is 12.4. The third kappa shape index (κ3) is 2.84. The molecule has 2 atom stereocenters. The van der Waals surface area contributed by atoms with E-state index < -0.39 is 0 Å². The first-order valence-electron chi connectivity index (χ1n) is 6.83. The lowest BCUT2D eigenvalue weighted by Crippen LogP contribution is -2.49. The molecule has 1 amide bonds. The topological polar surface area (TPSA) is 59.6 Å². The van der Waals surface area contributed by atoms with Gasteiger partial charge in [0.25, 0.3) is 0 Å². The van der Waals surface area contributed by atoms with Gasteiger partial charge in [-0.3, -0.25) is 4.79 Å². The van der Waals surface area contributed by atoms with Crippen LogP contribution in [0.2, 0.25) is 0 Å². The van der Waals surface area contributed by atoms with Crippen LogP contribution < -0.4 is 10.6 Å². The SMILES string of the molecule is CC(C)C1(C(=O)NCC2COCCO2)CCNC1. The molecule has 0 aromatic carbocycles. The lowest BCUT2D eigenvalue weighted by Gasteiger charge is -2.32. The standard InChI is InChI=1S/C13H24N2O3/c1-10(2)13(3-4-14-9-13)12(16)15-7-11-8-17-5-6-18-11/h10-11,14H,3-9H2,1-2H3,(H,15,16). The number of carbonyl (C=O) groups excluding carboxylic acids is 1. The molecule has 0 aromatic rings. The molecule has 2 saturated heterocycles. The Morgan fingerprint density at radius 1 is 1.50 bits per heavy atom. The Morgan fingerprint density at radius 2 is 2.33 bits per heavy atom. The number of hydrogen-bond acceptors (Lipinski definition) is 4.